The zero-order valence-corrected chi connectivity index (χ0v) is 14.8. The van der Waals surface area contributed by atoms with Gasteiger partial charge in [0.15, 0.2) is 0 Å². The van der Waals surface area contributed by atoms with E-state index in [-0.39, 0.29) is 18.0 Å². The second kappa shape index (κ2) is 8.34. The Morgan fingerprint density at radius 1 is 1.12 bits per heavy atom. The molecule has 0 aromatic heterocycles. The lowest BCUT2D eigenvalue weighted by atomic mass is 9.87. The van der Waals surface area contributed by atoms with Crippen LogP contribution in [-0.4, -0.2) is 49.2 Å². The minimum Gasteiger partial charge on any atom is -0.378 e. The molecule has 0 radical (unpaired) electrons. The lowest BCUT2D eigenvalue weighted by molar-refractivity contribution is 0.0303. The van der Waals surface area contributed by atoms with Crippen LogP contribution in [-0.2, 0) is 4.74 Å². The third-order valence-corrected chi connectivity index (χ3v) is 5.02. The minimum atomic E-state index is -0.199. The number of nitrogens with one attached hydrogen (secondary N) is 2. The molecule has 0 unspecified atom stereocenters. The van der Waals surface area contributed by atoms with Gasteiger partial charge in [0.1, 0.15) is 0 Å². The van der Waals surface area contributed by atoms with Crippen LogP contribution < -0.4 is 10.6 Å². The van der Waals surface area contributed by atoms with E-state index in [1.165, 1.54) is 0 Å². The van der Waals surface area contributed by atoms with Crippen LogP contribution in [0.3, 0.4) is 0 Å². The van der Waals surface area contributed by atoms with Gasteiger partial charge in [-0.2, -0.15) is 0 Å². The predicted molar refractivity (Wildman–Crippen MR) is 96.7 cm³/mol. The van der Waals surface area contributed by atoms with Crippen molar-refractivity contribution in [3.63, 3.8) is 0 Å². The number of hydrogen-bond acceptors (Lipinski definition) is 3. The van der Waals surface area contributed by atoms with Crippen LogP contribution in [0.5, 0.6) is 0 Å². The first kappa shape index (κ1) is 17.7. The van der Waals surface area contributed by atoms with Crippen LogP contribution in [0.4, 0.5) is 10.5 Å². The maximum absolute atomic E-state index is 12.5. The summed E-state index contributed by atoms with van der Waals surface area (Å²) in [6, 6.07) is 7.17. The molecule has 6 nitrogen and oxygen atoms in total. The molecule has 2 N–H and O–H groups in total. The van der Waals surface area contributed by atoms with Crippen molar-refractivity contribution < 1.29 is 14.3 Å². The monoisotopic (exact) mass is 345 g/mol. The van der Waals surface area contributed by atoms with Gasteiger partial charge in [-0.1, -0.05) is 13.0 Å². The standard InChI is InChI=1S/C19H27N3O3/c1-14-5-7-16(8-6-14)20-19(24)21-17-4-2-3-15(13-17)18(23)22-9-11-25-12-10-22/h2-4,13-14,16H,5-12H2,1H3,(H2,20,21,24). The van der Waals surface area contributed by atoms with Gasteiger partial charge in [0.2, 0.25) is 0 Å². The van der Waals surface area contributed by atoms with Crippen molar-refractivity contribution in [2.24, 2.45) is 5.92 Å². The highest BCUT2D eigenvalue weighted by Crippen LogP contribution is 2.23. The van der Waals surface area contributed by atoms with E-state index in [0.717, 1.165) is 31.6 Å². The Kier molecular flexibility index (Phi) is 5.91. The lowest BCUT2D eigenvalue weighted by Gasteiger charge is -2.27. The second-order valence-corrected chi connectivity index (χ2v) is 7.04. The summed E-state index contributed by atoms with van der Waals surface area (Å²) in [6.07, 6.45) is 4.39. The van der Waals surface area contributed by atoms with Gasteiger partial charge in [-0.05, 0) is 49.8 Å². The third kappa shape index (κ3) is 4.95. The summed E-state index contributed by atoms with van der Waals surface area (Å²) in [4.78, 5) is 26.5. The molecule has 3 amide bonds. The molecule has 2 fully saturated rings. The number of benzene rings is 1. The Morgan fingerprint density at radius 2 is 1.84 bits per heavy atom. The van der Waals surface area contributed by atoms with Crippen molar-refractivity contribution in [3.8, 4) is 0 Å². The van der Waals surface area contributed by atoms with E-state index in [9.17, 15) is 9.59 Å². The highest BCUT2D eigenvalue weighted by molar-refractivity contribution is 5.97. The molecule has 3 rings (SSSR count). The fourth-order valence-electron chi connectivity index (χ4n) is 3.44. The lowest BCUT2D eigenvalue weighted by Crippen LogP contribution is -2.41. The molecule has 1 aromatic rings. The van der Waals surface area contributed by atoms with Gasteiger partial charge >= 0.3 is 6.03 Å². The molecule has 1 saturated heterocycles. The van der Waals surface area contributed by atoms with Gasteiger partial charge < -0.3 is 20.3 Å². The van der Waals surface area contributed by atoms with Crippen LogP contribution in [0.25, 0.3) is 0 Å². The molecular weight excluding hydrogens is 318 g/mol. The Labute approximate surface area is 148 Å². The normalized spacial score (nSPS) is 23.8. The third-order valence-electron chi connectivity index (χ3n) is 5.02. The zero-order chi connectivity index (χ0) is 17.6. The highest BCUT2D eigenvalue weighted by Gasteiger charge is 2.21. The molecule has 136 valence electrons. The number of carbonyl (C=O) groups is 2. The highest BCUT2D eigenvalue weighted by atomic mass is 16.5. The first-order valence-corrected chi connectivity index (χ1v) is 9.16. The minimum absolute atomic E-state index is 0.0198. The number of rotatable bonds is 3. The van der Waals surface area contributed by atoms with Crippen LogP contribution in [0.2, 0.25) is 0 Å². The van der Waals surface area contributed by atoms with Crippen molar-refractivity contribution in [3.05, 3.63) is 29.8 Å². The molecule has 1 aliphatic heterocycles. The average Bonchev–Trinajstić information content (AvgIpc) is 2.64. The van der Waals surface area contributed by atoms with E-state index in [1.807, 2.05) is 0 Å². The number of anilines is 1. The first-order chi connectivity index (χ1) is 12.1. The fourth-order valence-corrected chi connectivity index (χ4v) is 3.44. The fraction of sp³-hybridized carbons (Fsp3) is 0.579. The average molecular weight is 345 g/mol. The van der Waals surface area contributed by atoms with Gasteiger partial charge in [-0.3, -0.25) is 4.79 Å². The Balaban J connectivity index is 1.55. The predicted octanol–water partition coefficient (Wildman–Crippen LogP) is 2.86. The van der Waals surface area contributed by atoms with Crippen LogP contribution in [0, 0.1) is 5.92 Å². The molecule has 2 aliphatic rings. The molecule has 6 heteroatoms. The van der Waals surface area contributed by atoms with Crippen LogP contribution in [0.15, 0.2) is 24.3 Å². The van der Waals surface area contributed by atoms with E-state index >= 15 is 0 Å². The van der Waals surface area contributed by atoms with Gasteiger partial charge in [-0.25, -0.2) is 4.79 Å². The van der Waals surface area contributed by atoms with Crippen LogP contribution >= 0.6 is 0 Å². The van der Waals surface area contributed by atoms with Crippen molar-refractivity contribution in [1.29, 1.82) is 0 Å². The van der Waals surface area contributed by atoms with Crippen LogP contribution in [0.1, 0.15) is 43.0 Å². The van der Waals surface area contributed by atoms with Gasteiger partial charge in [0, 0.05) is 30.4 Å². The molecule has 1 heterocycles. The maximum atomic E-state index is 12.5. The molecule has 1 saturated carbocycles. The molecule has 1 aliphatic carbocycles. The number of urea groups is 1. The van der Waals surface area contributed by atoms with Crippen molar-refractivity contribution in [2.75, 3.05) is 31.6 Å². The van der Waals surface area contributed by atoms with Gasteiger partial charge in [-0.15, -0.1) is 0 Å². The van der Waals surface area contributed by atoms with E-state index < -0.39 is 0 Å². The van der Waals surface area contributed by atoms with E-state index in [0.29, 0.717) is 37.6 Å². The van der Waals surface area contributed by atoms with E-state index in [1.54, 1.807) is 29.2 Å². The summed E-state index contributed by atoms with van der Waals surface area (Å²) in [5, 5.41) is 5.89. The number of hydrogen-bond donors (Lipinski definition) is 2. The molecule has 0 bridgehead atoms. The quantitative estimate of drug-likeness (QED) is 0.885. The summed E-state index contributed by atoms with van der Waals surface area (Å²) in [5.41, 5.74) is 1.23. The SMILES string of the molecule is CC1CCC(NC(=O)Nc2cccc(C(=O)N3CCOCC3)c2)CC1. The largest absolute Gasteiger partial charge is 0.378 e. The van der Waals surface area contributed by atoms with Crippen molar-refractivity contribution >= 4 is 17.6 Å². The Morgan fingerprint density at radius 3 is 2.56 bits per heavy atom. The molecule has 1 aromatic carbocycles. The summed E-state index contributed by atoms with van der Waals surface area (Å²) in [6.45, 7) is 4.62. The van der Waals surface area contributed by atoms with Gasteiger partial charge in [0.25, 0.3) is 5.91 Å². The Bertz CT molecular complexity index is 606. The zero-order valence-electron chi connectivity index (χ0n) is 14.8. The molecule has 0 spiro atoms. The van der Waals surface area contributed by atoms with E-state index in [4.69, 9.17) is 4.74 Å². The number of amides is 3. The summed E-state index contributed by atoms with van der Waals surface area (Å²) in [7, 11) is 0. The first-order valence-electron chi connectivity index (χ1n) is 9.16. The molecule has 25 heavy (non-hydrogen) atoms. The second-order valence-electron chi connectivity index (χ2n) is 7.04. The summed E-state index contributed by atoms with van der Waals surface area (Å²) in [5.74, 6) is 0.734. The summed E-state index contributed by atoms with van der Waals surface area (Å²) >= 11 is 0. The molecule has 0 atom stereocenters. The maximum Gasteiger partial charge on any atom is 0.319 e. The van der Waals surface area contributed by atoms with Crippen molar-refractivity contribution in [2.45, 2.75) is 38.6 Å². The van der Waals surface area contributed by atoms with E-state index in [2.05, 4.69) is 17.6 Å². The number of nitrogens with zero attached hydrogens (tertiary/aromatic N) is 1. The number of carbonyl (C=O) groups excluding carboxylic acids is 2. The number of ether oxygens (including phenoxy) is 1. The number of morpholine rings is 1. The van der Waals surface area contributed by atoms with Gasteiger partial charge in [0.05, 0.1) is 13.2 Å². The Hall–Kier alpha value is -2.08. The van der Waals surface area contributed by atoms with Crippen molar-refractivity contribution in [1.82, 2.24) is 10.2 Å². The summed E-state index contributed by atoms with van der Waals surface area (Å²) < 4.78 is 5.28. The smallest absolute Gasteiger partial charge is 0.319 e. The molecular formula is C19H27N3O3. The topological polar surface area (TPSA) is 70.7 Å².